The lowest BCUT2D eigenvalue weighted by Gasteiger charge is -2.22. The zero-order valence-electron chi connectivity index (χ0n) is 15.4. The number of carbonyl (C=O) groups is 1. The fourth-order valence-corrected chi connectivity index (χ4v) is 3.44. The summed E-state index contributed by atoms with van der Waals surface area (Å²) in [4.78, 5) is 19.3. The molecule has 4 nitrogen and oxygen atoms in total. The van der Waals surface area contributed by atoms with Gasteiger partial charge in [0.1, 0.15) is 5.15 Å². The molecule has 5 heteroatoms. The molecule has 0 bridgehead atoms. The van der Waals surface area contributed by atoms with Gasteiger partial charge >= 0.3 is 0 Å². The van der Waals surface area contributed by atoms with E-state index in [9.17, 15) is 4.79 Å². The molecule has 2 aromatic heterocycles. The highest BCUT2D eigenvalue weighted by atomic mass is 35.5. The van der Waals surface area contributed by atoms with Crippen molar-refractivity contribution in [1.82, 2.24) is 9.88 Å². The van der Waals surface area contributed by atoms with Crippen LogP contribution in [0.2, 0.25) is 5.15 Å². The Morgan fingerprint density at radius 1 is 1.04 bits per heavy atom. The number of hydrogen-bond acceptors (Lipinski definition) is 3. The van der Waals surface area contributed by atoms with Gasteiger partial charge in [-0.1, -0.05) is 60.1 Å². The normalized spacial score (nSPS) is 10.9. The van der Waals surface area contributed by atoms with Crippen LogP contribution in [0.5, 0.6) is 0 Å². The van der Waals surface area contributed by atoms with E-state index in [4.69, 9.17) is 16.0 Å². The molecule has 140 valence electrons. The predicted molar refractivity (Wildman–Crippen MR) is 110 cm³/mol. The fourth-order valence-electron chi connectivity index (χ4n) is 3.24. The molecule has 0 aliphatic carbocycles. The third-order valence-electron chi connectivity index (χ3n) is 4.67. The largest absolute Gasteiger partial charge is 0.459 e. The topological polar surface area (TPSA) is 46.3 Å². The monoisotopic (exact) mass is 390 g/mol. The van der Waals surface area contributed by atoms with Crippen LogP contribution in [0.25, 0.3) is 10.9 Å². The van der Waals surface area contributed by atoms with Gasteiger partial charge in [-0.3, -0.25) is 4.79 Å². The third-order valence-corrected chi connectivity index (χ3v) is 5.00. The Hall–Kier alpha value is -3.11. The van der Waals surface area contributed by atoms with Crippen molar-refractivity contribution in [3.63, 3.8) is 0 Å². The van der Waals surface area contributed by atoms with Crippen LogP contribution in [0, 0.1) is 6.92 Å². The number of fused-ring (bicyclic) bond motifs is 1. The number of furan rings is 1. The standard InChI is InChI=1S/C23H19ClN2O2/c1-16-7-5-10-18-13-19(22(24)25-21(16)18)15-26(14-17-8-3-2-4-9-17)23(27)20-11-6-12-28-20/h2-13H,14-15H2,1H3. The Bertz CT molecular complexity index is 1110. The number of aryl methyl sites for hydroxylation is 1. The summed E-state index contributed by atoms with van der Waals surface area (Å²) in [5.74, 6) is 0.117. The number of hydrogen-bond donors (Lipinski definition) is 0. The summed E-state index contributed by atoms with van der Waals surface area (Å²) >= 11 is 6.48. The lowest BCUT2D eigenvalue weighted by atomic mass is 10.1. The second-order valence-corrected chi connectivity index (χ2v) is 7.07. The summed E-state index contributed by atoms with van der Waals surface area (Å²) in [6.45, 7) is 2.79. The molecular formula is C23H19ClN2O2. The van der Waals surface area contributed by atoms with Crippen molar-refractivity contribution >= 4 is 28.4 Å². The van der Waals surface area contributed by atoms with E-state index in [0.29, 0.717) is 24.0 Å². The summed E-state index contributed by atoms with van der Waals surface area (Å²) in [6, 6.07) is 21.2. The Morgan fingerprint density at radius 3 is 2.61 bits per heavy atom. The van der Waals surface area contributed by atoms with Crippen molar-refractivity contribution in [2.75, 3.05) is 0 Å². The number of nitrogens with zero attached hydrogens (tertiary/aromatic N) is 2. The van der Waals surface area contributed by atoms with Crippen molar-refractivity contribution in [2.24, 2.45) is 0 Å². The highest BCUT2D eigenvalue weighted by Crippen LogP contribution is 2.25. The van der Waals surface area contributed by atoms with Crippen molar-refractivity contribution in [1.29, 1.82) is 0 Å². The van der Waals surface area contributed by atoms with Crippen molar-refractivity contribution in [3.8, 4) is 0 Å². The van der Waals surface area contributed by atoms with E-state index >= 15 is 0 Å². The molecule has 4 rings (SSSR count). The fraction of sp³-hybridized carbons (Fsp3) is 0.130. The first kappa shape index (κ1) is 18.3. The average Bonchev–Trinajstić information content (AvgIpc) is 3.24. The Morgan fingerprint density at radius 2 is 1.86 bits per heavy atom. The zero-order valence-corrected chi connectivity index (χ0v) is 16.2. The van der Waals surface area contributed by atoms with Crippen LogP contribution in [0.15, 0.2) is 77.4 Å². The van der Waals surface area contributed by atoms with Gasteiger partial charge in [0.2, 0.25) is 0 Å². The molecule has 0 saturated heterocycles. The predicted octanol–water partition coefficient (Wildman–Crippen LogP) is 5.63. The summed E-state index contributed by atoms with van der Waals surface area (Å²) in [7, 11) is 0. The highest BCUT2D eigenvalue weighted by Gasteiger charge is 2.21. The van der Waals surface area contributed by atoms with Gasteiger partial charge < -0.3 is 9.32 Å². The van der Waals surface area contributed by atoms with E-state index in [1.54, 1.807) is 17.0 Å². The summed E-state index contributed by atoms with van der Waals surface area (Å²) in [5.41, 5.74) is 3.78. The van der Waals surface area contributed by atoms with Crippen LogP contribution in [-0.4, -0.2) is 15.8 Å². The smallest absolute Gasteiger partial charge is 0.290 e. The van der Waals surface area contributed by atoms with E-state index in [-0.39, 0.29) is 5.91 Å². The molecule has 28 heavy (non-hydrogen) atoms. The molecule has 0 saturated carbocycles. The van der Waals surface area contributed by atoms with Crippen molar-refractivity contribution in [2.45, 2.75) is 20.0 Å². The molecule has 0 atom stereocenters. The van der Waals surface area contributed by atoms with E-state index in [0.717, 1.165) is 27.6 Å². The highest BCUT2D eigenvalue weighted by molar-refractivity contribution is 6.30. The number of rotatable bonds is 5. The van der Waals surface area contributed by atoms with Gasteiger partial charge in [-0.25, -0.2) is 4.98 Å². The quantitative estimate of drug-likeness (QED) is 0.415. The number of carbonyl (C=O) groups excluding carboxylic acids is 1. The number of benzene rings is 2. The summed E-state index contributed by atoms with van der Waals surface area (Å²) < 4.78 is 5.33. The Labute approximate surface area is 168 Å². The molecule has 2 aromatic carbocycles. The first-order chi connectivity index (χ1) is 13.6. The van der Waals surface area contributed by atoms with E-state index < -0.39 is 0 Å². The molecule has 0 aliphatic rings. The van der Waals surface area contributed by atoms with Crippen LogP contribution < -0.4 is 0 Å². The first-order valence-electron chi connectivity index (χ1n) is 9.03. The van der Waals surface area contributed by atoms with Gasteiger partial charge in [0, 0.05) is 24.0 Å². The van der Waals surface area contributed by atoms with E-state index in [1.807, 2.05) is 61.5 Å². The van der Waals surface area contributed by atoms with Gasteiger partial charge in [-0.15, -0.1) is 0 Å². The van der Waals surface area contributed by atoms with Crippen LogP contribution in [-0.2, 0) is 13.1 Å². The molecule has 0 unspecified atom stereocenters. The van der Waals surface area contributed by atoms with Gasteiger partial charge in [-0.05, 0) is 36.2 Å². The maximum atomic E-state index is 13.0. The maximum absolute atomic E-state index is 13.0. The number of halogens is 1. The molecule has 0 spiro atoms. The number of para-hydroxylation sites is 1. The van der Waals surface area contributed by atoms with Gasteiger partial charge in [0.05, 0.1) is 11.8 Å². The van der Waals surface area contributed by atoms with Crippen LogP contribution in [0.3, 0.4) is 0 Å². The molecule has 0 fully saturated rings. The van der Waals surface area contributed by atoms with E-state index in [2.05, 4.69) is 4.98 Å². The molecule has 1 amide bonds. The Kier molecular flexibility index (Phi) is 5.13. The van der Waals surface area contributed by atoms with Crippen molar-refractivity contribution in [3.05, 3.63) is 101 Å². The number of amides is 1. The maximum Gasteiger partial charge on any atom is 0.290 e. The lowest BCUT2D eigenvalue weighted by Crippen LogP contribution is -2.30. The van der Waals surface area contributed by atoms with Gasteiger partial charge in [0.25, 0.3) is 5.91 Å². The van der Waals surface area contributed by atoms with Crippen molar-refractivity contribution < 1.29 is 9.21 Å². The summed E-state index contributed by atoms with van der Waals surface area (Å²) in [5, 5.41) is 1.41. The number of aromatic nitrogens is 1. The van der Waals surface area contributed by atoms with E-state index in [1.165, 1.54) is 6.26 Å². The molecule has 4 aromatic rings. The number of pyridine rings is 1. The molecule has 0 N–H and O–H groups in total. The minimum absolute atomic E-state index is 0.186. The molecule has 2 heterocycles. The third kappa shape index (κ3) is 3.78. The first-order valence-corrected chi connectivity index (χ1v) is 9.41. The van der Waals surface area contributed by atoms with Gasteiger partial charge in [0.15, 0.2) is 5.76 Å². The SMILES string of the molecule is Cc1cccc2cc(CN(Cc3ccccc3)C(=O)c3ccco3)c(Cl)nc12. The zero-order chi connectivity index (χ0) is 19.5. The molecular weight excluding hydrogens is 372 g/mol. The lowest BCUT2D eigenvalue weighted by molar-refractivity contribution is 0.0697. The van der Waals surface area contributed by atoms with Gasteiger partial charge in [-0.2, -0.15) is 0 Å². The van der Waals surface area contributed by atoms with Crippen LogP contribution >= 0.6 is 11.6 Å². The average molecular weight is 391 g/mol. The molecule has 0 aliphatic heterocycles. The summed E-state index contributed by atoms with van der Waals surface area (Å²) in [6.07, 6.45) is 1.50. The second kappa shape index (κ2) is 7.87. The Balaban J connectivity index is 1.70. The molecule has 0 radical (unpaired) electrons. The van der Waals surface area contributed by atoms with Crippen LogP contribution in [0.4, 0.5) is 0 Å². The van der Waals surface area contributed by atoms with Crippen LogP contribution in [0.1, 0.15) is 27.2 Å². The second-order valence-electron chi connectivity index (χ2n) is 6.71. The minimum Gasteiger partial charge on any atom is -0.459 e. The minimum atomic E-state index is -0.186.